The molecule has 0 bridgehead atoms. The van der Waals surface area contributed by atoms with E-state index in [-0.39, 0.29) is 12.4 Å². The lowest BCUT2D eigenvalue weighted by Gasteiger charge is -2.19. The number of aliphatic hydroxyl groups is 1. The van der Waals surface area contributed by atoms with Crippen molar-refractivity contribution in [2.24, 2.45) is 0 Å². The van der Waals surface area contributed by atoms with Gasteiger partial charge in [0.15, 0.2) is 0 Å². The van der Waals surface area contributed by atoms with Gasteiger partial charge in [0.2, 0.25) is 0 Å². The Morgan fingerprint density at radius 3 is 2.14 bits per heavy atom. The summed E-state index contributed by atoms with van der Waals surface area (Å²) in [4.78, 5) is 4.81. The van der Waals surface area contributed by atoms with Crippen LogP contribution in [-0.4, -0.2) is 32.0 Å². The maximum atomic E-state index is 8.72. The quantitative estimate of drug-likeness (QED) is 0.697. The maximum absolute atomic E-state index is 8.72. The summed E-state index contributed by atoms with van der Waals surface area (Å²) in [5.74, 6) is 0. The van der Waals surface area contributed by atoms with Crippen molar-refractivity contribution in [3.8, 4) is 0 Å². The topological polar surface area (TPSA) is 26.7 Å². The van der Waals surface area contributed by atoms with Gasteiger partial charge in [0, 0.05) is 20.2 Å². The zero-order valence-electron chi connectivity index (χ0n) is 13.1. The van der Waals surface area contributed by atoms with Crippen LogP contribution in [0.1, 0.15) is 44.9 Å². The van der Waals surface area contributed by atoms with Gasteiger partial charge < -0.3 is 14.9 Å². The summed E-state index contributed by atoms with van der Waals surface area (Å²) >= 11 is 0. The lowest BCUT2D eigenvalue weighted by molar-refractivity contribution is 0.282. The molecule has 0 amide bonds. The standard InChI is InChI=1S/C17H28N2O.ClH/c1-18-15-19(17-12-8-7-11-16(17)18)13-9-5-3-2-4-6-10-14-20;/h7-8,11-12,20H,2-6,9-10,13-15H2,1H3;1H. The molecule has 0 spiro atoms. The van der Waals surface area contributed by atoms with Crippen molar-refractivity contribution < 1.29 is 5.11 Å². The molecule has 0 radical (unpaired) electrons. The molecule has 0 saturated heterocycles. The van der Waals surface area contributed by atoms with Crippen molar-refractivity contribution in [2.45, 2.75) is 44.9 Å². The Kier molecular flexibility index (Phi) is 8.55. The number of aliphatic hydroxyl groups excluding tert-OH is 1. The fourth-order valence-electron chi connectivity index (χ4n) is 2.95. The second kappa shape index (κ2) is 9.91. The highest BCUT2D eigenvalue weighted by Gasteiger charge is 2.21. The summed E-state index contributed by atoms with van der Waals surface area (Å²) in [5.41, 5.74) is 2.74. The molecule has 0 fully saturated rings. The number of hydrogen-bond acceptors (Lipinski definition) is 3. The van der Waals surface area contributed by atoms with Crippen LogP contribution in [0.2, 0.25) is 0 Å². The molecule has 0 aliphatic carbocycles. The third kappa shape index (κ3) is 5.40. The molecule has 1 aromatic carbocycles. The van der Waals surface area contributed by atoms with E-state index in [0.717, 1.165) is 19.6 Å². The normalized spacial score (nSPS) is 13.2. The fourth-order valence-corrected chi connectivity index (χ4v) is 2.95. The highest BCUT2D eigenvalue weighted by atomic mass is 35.5. The van der Waals surface area contributed by atoms with Crippen molar-refractivity contribution in [1.29, 1.82) is 0 Å². The minimum atomic E-state index is 0. The average molecular weight is 313 g/mol. The third-order valence-corrected chi connectivity index (χ3v) is 4.10. The van der Waals surface area contributed by atoms with Gasteiger partial charge in [-0.3, -0.25) is 0 Å². The van der Waals surface area contributed by atoms with E-state index in [1.807, 2.05) is 0 Å². The zero-order valence-corrected chi connectivity index (χ0v) is 13.9. The van der Waals surface area contributed by atoms with E-state index in [2.05, 4.69) is 41.1 Å². The van der Waals surface area contributed by atoms with Gasteiger partial charge in [0.1, 0.15) is 0 Å². The average Bonchev–Trinajstić information content (AvgIpc) is 2.79. The Morgan fingerprint density at radius 1 is 0.905 bits per heavy atom. The summed E-state index contributed by atoms with van der Waals surface area (Å²) in [6, 6.07) is 8.68. The molecule has 21 heavy (non-hydrogen) atoms. The number of fused-ring (bicyclic) bond motifs is 1. The van der Waals surface area contributed by atoms with Gasteiger partial charge in [-0.15, -0.1) is 12.4 Å². The van der Waals surface area contributed by atoms with E-state index in [0.29, 0.717) is 6.61 Å². The Labute approximate surface area is 135 Å². The summed E-state index contributed by atoms with van der Waals surface area (Å²) < 4.78 is 0. The SMILES string of the molecule is CN1CN(CCCCCCCCCO)c2ccccc21.Cl. The first kappa shape index (κ1) is 18.1. The van der Waals surface area contributed by atoms with Crippen molar-refractivity contribution in [2.75, 3.05) is 36.7 Å². The molecule has 3 nitrogen and oxygen atoms in total. The monoisotopic (exact) mass is 312 g/mol. The minimum Gasteiger partial charge on any atom is -0.396 e. The smallest absolute Gasteiger partial charge is 0.0901 e. The Balaban J connectivity index is 0.00000220. The van der Waals surface area contributed by atoms with Crippen LogP contribution < -0.4 is 9.80 Å². The molecule has 4 heteroatoms. The molecule has 1 heterocycles. The number of unbranched alkanes of at least 4 members (excludes halogenated alkanes) is 6. The van der Waals surface area contributed by atoms with Gasteiger partial charge in [-0.05, 0) is 25.0 Å². The van der Waals surface area contributed by atoms with E-state index in [1.165, 1.54) is 49.9 Å². The van der Waals surface area contributed by atoms with Crippen LogP contribution in [-0.2, 0) is 0 Å². The maximum Gasteiger partial charge on any atom is 0.0901 e. The van der Waals surface area contributed by atoms with E-state index in [4.69, 9.17) is 5.11 Å². The second-order valence-corrected chi connectivity index (χ2v) is 5.79. The van der Waals surface area contributed by atoms with Crippen molar-refractivity contribution >= 4 is 23.8 Å². The van der Waals surface area contributed by atoms with Crippen LogP contribution in [0.3, 0.4) is 0 Å². The van der Waals surface area contributed by atoms with Crippen molar-refractivity contribution in [1.82, 2.24) is 0 Å². The first-order valence-electron chi connectivity index (χ1n) is 7.99. The molecule has 2 rings (SSSR count). The molecular formula is C17H29ClN2O. The number of para-hydroxylation sites is 2. The molecule has 1 aliphatic rings. The Bertz CT molecular complexity index is 400. The van der Waals surface area contributed by atoms with Crippen LogP contribution in [0.5, 0.6) is 0 Å². The van der Waals surface area contributed by atoms with Gasteiger partial charge in [0.25, 0.3) is 0 Å². The van der Waals surface area contributed by atoms with E-state index >= 15 is 0 Å². The predicted molar refractivity (Wildman–Crippen MR) is 93.7 cm³/mol. The number of halogens is 1. The zero-order chi connectivity index (χ0) is 14.2. The van der Waals surface area contributed by atoms with Gasteiger partial charge in [-0.1, -0.05) is 44.2 Å². The lowest BCUT2D eigenvalue weighted by atomic mass is 10.1. The molecule has 1 N–H and O–H groups in total. The third-order valence-electron chi connectivity index (χ3n) is 4.10. The van der Waals surface area contributed by atoms with Crippen molar-refractivity contribution in [3.05, 3.63) is 24.3 Å². The summed E-state index contributed by atoms with van der Waals surface area (Å²) in [7, 11) is 2.17. The predicted octanol–water partition coefficient (Wildman–Crippen LogP) is 4.05. The fraction of sp³-hybridized carbons (Fsp3) is 0.647. The number of benzene rings is 1. The first-order chi connectivity index (χ1) is 9.83. The van der Waals surface area contributed by atoms with Crippen LogP contribution in [0.4, 0.5) is 11.4 Å². The number of nitrogens with zero attached hydrogens (tertiary/aromatic N) is 2. The Morgan fingerprint density at radius 2 is 1.48 bits per heavy atom. The van der Waals surface area contributed by atoms with Gasteiger partial charge in [0.05, 0.1) is 18.0 Å². The summed E-state index contributed by atoms with van der Waals surface area (Å²) in [6.45, 7) is 2.54. The molecule has 0 aromatic heterocycles. The molecule has 0 saturated carbocycles. The highest BCUT2D eigenvalue weighted by molar-refractivity contribution is 5.85. The molecule has 1 aromatic rings. The Hall–Kier alpha value is -0.930. The first-order valence-corrected chi connectivity index (χ1v) is 7.99. The molecule has 0 atom stereocenters. The summed E-state index contributed by atoms with van der Waals surface area (Å²) in [6.07, 6.45) is 8.67. The van der Waals surface area contributed by atoms with E-state index < -0.39 is 0 Å². The van der Waals surface area contributed by atoms with Gasteiger partial charge in [-0.25, -0.2) is 0 Å². The van der Waals surface area contributed by atoms with Gasteiger partial charge in [-0.2, -0.15) is 0 Å². The van der Waals surface area contributed by atoms with Gasteiger partial charge >= 0.3 is 0 Å². The number of anilines is 2. The molecule has 120 valence electrons. The largest absolute Gasteiger partial charge is 0.396 e. The van der Waals surface area contributed by atoms with E-state index in [1.54, 1.807) is 0 Å². The van der Waals surface area contributed by atoms with Crippen LogP contribution in [0.15, 0.2) is 24.3 Å². The number of rotatable bonds is 9. The van der Waals surface area contributed by atoms with Crippen LogP contribution in [0, 0.1) is 0 Å². The molecule has 1 aliphatic heterocycles. The minimum absolute atomic E-state index is 0. The lowest BCUT2D eigenvalue weighted by Crippen LogP contribution is -2.28. The van der Waals surface area contributed by atoms with Crippen LogP contribution >= 0.6 is 12.4 Å². The second-order valence-electron chi connectivity index (χ2n) is 5.79. The highest BCUT2D eigenvalue weighted by Crippen LogP contribution is 2.34. The van der Waals surface area contributed by atoms with E-state index in [9.17, 15) is 0 Å². The molecular weight excluding hydrogens is 284 g/mol. The van der Waals surface area contributed by atoms with Crippen LogP contribution in [0.25, 0.3) is 0 Å². The molecule has 0 unspecified atom stereocenters. The van der Waals surface area contributed by atoms with Crippen molar-refractivity contribution in [3.63, 3.8) is 0 Å². The summed E-state index contributed by atoms with van der Waals surface area (Å²) in [5, 5.41) is 8.72. The number of hydrogen-bond donors (Lipinski definition) is 1.